The summed E-state index contributed by atoms with van der Waals surface area (Å²) >= 11 is 3.41. The third-order valence-electron chi connectivity index (χ3n) is 3.38. The summed E-state index contributed by atoms with van der Waals surface area (Å²) in [4.78, 5) is 16.9. The SMILES string of the molecule is Cc1cc(Br)c2nc(C)c(C(=O)Nc3cc(F)ccc3F)n2c1. The van der Waals surface area contributed by atoms with Crippen molar-refractivity contribution >= 4 is 33.2 Å². The fourth-order valence-corrected chi connectivity index (χ4v) is 3.03. The quantitative estimate of drug-likeness (QED) is 0.723. The predicted molar refractivity (Wildman–Crippen MR) is 86.7 cm³/mol. The summed E-state index contributed by atoms with van der Waals surface area (Å²) in [6.45, 7) is 3.57. The van der Waals surface area contributed by atoms with E-state index in [4.69, 9.17) is 0 Å². The molecule has 1 aromatic carbocycles. The Morgan fingerprint density at radius 1 is 1.26 bits per heavy atom. The number of pyridine rings is 1. The van der Waals surface area contributed by atoms with E-state index >= 15 is 0 Å². The molecule has 3 aromatic rings. The maximum atomic E-state index is 13.7. The van der Waals surface area contributed by atoms with Crippen LogP contribution in [0.25, 0.3) is 5.65 Å². The largest absolute Gasteiger partial charge is 0.318 e. The highest BCUT2D eigenvalue weighted by molar-refractivity contribution is 9.10. The van der Waals surface area contributed by atoms with Crippen molar-refractivity contribution in [1.29, 1.82) is 0 Å². The molecule has 2 heterocycles. The zero-order valence-corrected chi connectivity index (χ0v) is 13.9. The molecule has 0 bridgehead atoms. The second kappa shape index (κ2) is 5.73. The number of carbonyl (C=O) groups excluding carboxylic acids is 1. The number of carbonyl (C=O) groups is 1. The number of amides is 1. The Bertz CT molecular complexity index is 937. The molecular weight excluding hydrogens is 368 g/mol. The van der Waals surface area contributed by atoms with Gasteiger partial charge in [-0.1, -0.05) is 0 Å². The summed E-state index contributed by atoms with van der Waals surface area (Å²) in [5.74, 6) is -1.89. The van der Waals surface area contributed by atoms with Crippen molar-refractivity contribution in [2.75, 3.05) is 5.32 Å². The van der Waals surface area contributed by atoms with Gasteiger partial charge in [-0.15, -0.1) is 0 Å². The molecule has 0 aliphatic rings. The molecule has 3 rings (SSSR count). The molecule has 118 valence electrons. The average molecular weight is 380 g/mol. The van der Waals surface area contributed by atoms with Gasteiger partial charge in [0.05, 0.1) is 15.9 Å². The molecule has 0 fully saturated rings. The van der Waals surface area contributed by atoms with Crippen LogP contribution in [-0.4, -0.2) is 15.3 Å². The van der Waals surface area contributed by atoms with Crippen LogP contribution >= 0.6 is 15.9 Å². The maximum absolute atomic E-state index is 13.7. The molecule has 1 amide bonds. The van der Waals surface area contributed by atoms with E-state index < -0.39 is 17.5 Å². The summed E-state index contributed by atoms with van der Waals surface area (Å²) in [6, 6.07) is 4.78. The zero-order chi connectivity index (χ0) is 16.7. The summed E-state index contributed by atoms with van der Waals surface area (Å²) in [6.07, 6.45) is 1.76. The molecule has 1 N–H and O–H groups in total. The highest BCUT2D eigenvalue weighted by atomic mass is 79.9. The lowest BCUT2D eigenvalue weighted by Gasteiger charge is -2.08. The van der Waals surface area contributed by atoms with E-state index in [1.54, 1.807) is 17.5 Å². The standard InChI is InChI=1S/C16H12BrF2N3O/c1-8-5-11(17)15-20-9(2)14(22(15)7-8)16(23)21-13-6-10(18)3-4-12(13)19/h3-7H,1-2H3,(H,21,23). The third-order valence-corrected chi connectivity index (χ3v) is 3.96. The summed E-state index contributed by atoms with van der Waals surface area (Å²) in [7, 11) is 0. The molecule has 0 atom stereocenters. The first-order valence-corrected chi connectivity index (χ1v) is 7.57. The number of fused-ring (bicyclic) bond motifs is 1. The van der Waals surface area contributed by atoms with E-state index in [1.807, 2.05) is 13.0 Å². The molecule has 0 unspecified atom stereocenters. The van der Waals surface area contributed by atoms with Gasteiger partial charge >= 0.3 is 0 Å². The van der Waals surface area contributed by atoms with E-state index in [-0.39, 0.29) is 11.4 Å². The number of anilines is 1. The van der Waals surface area contributed by atoms with Crippen LogP contribution in [0.3, 0.4) is 0 Å². The van der Waals surface area contributed by atoms with Crippen molar-refractivity contribution in [1.82, 2.24) is 9.38 Å². The van der Waals surface area contributed by atoms with Crippen molar-refractivity contribution in [3.63, 3.8) is 0 Å². The molecule has 23 heavy (non-hydrogen) atoms. The fraction of sp³-hybridized carbons (Fsp3) is 0.125. The predicted octanol–water partition coefficient (Wildman–Crippen LogP) is 4.24. The van der Waals surface area contributed by atoms with E-state index in [0.29, 0.717) is 11.3 Å². The lowest BCUT2D eigenvalue weighted by atomic mass is 10.2. The first-order valence-electron chi connectivity index (χ1n) is 6.78. The summed E-state index contributed by atoms with van der Waals surface area (Å²) < 4.78 is 29.3. The van der Waals surface area contributed by atoms with Crippen LogP contribution in [0, 0.1) is 25.5 Å². The van der Waals surface area contributed by atoms with Gasteiger partial charge in [0, 0.05) is 12.3 Å². The van der Waals surface area contributed by atoms with Crippen LogP contribution in [0.2, 0.25) is 0 Å². The minimum absolute atomic E-state index is 0.212. The number of aromatic nitrogens is 2. The van der Waals surface area contributed by atoms with Gasteiger partial charge in [-0.3, -0.25) is 9.20 Å². The molecule has 0 aliphatic carbocycles. The number of hydrogen-bond acceptors (Lipinski definition) is 2. The van der Waals surface area contributed by atoms with Gasteiger partial charge in [0.1, 0.15) is 17.3 Å². The maximum Gasteiger partial charge on any atom is 0.274 e. The normalized spacial score (nSPS) is 11.0. The lowest BCUT2D eigenvalue weighted by Crippen LogP contribution is -2.16. The van der Waals surface area contributed by atoms with Gasteiger partial charge in [0.2, 0.25) is 0 Å². The minimum Gasteiger partial charge on any atom is -0.318 e. The molecule has 0 saturated heterocycles. The molecule has 0 radical (unpaired) electrons. The van der Waals surface area contributed by atoms with Crippen LogP contribution in [0.4, 0.5) is 14.5 Å². The van der Waals surface area contributed by atoms with Crippen LogP contribution in [0.1, 0.15) is 21.7 Å². The van der Waals surface area contributed by atoms with Crippen LogP contribution in [0.15, 0.2) is 34.9 Å². The smallest absolute Gasteiger partial charge is 0.274 e. The number of rotatable bonds is 2. The summed E-state index contributed by atoms with van der Waals surface area (Å²) in [5, 5.41) is 2.40. The Labute approximate surface area is 139 Å². The highest BCUT2D eigenvalue weighted by Crippen LogP contribution is 2.23. The second-order valence-corrected chi connectivity index (χ2v) is 6.04. The van der Waals surface area contributed by atoms with Gasteiger partial charge in [-0.25, -0.2) is 13.8 Å². The second-order valence-electron chi connectivity index (χ2n) is 5.18. The molecule has 0 saturated carbocycles. The molecular formula is C16H12BrF2N3O. The van der Waals surface area contributed by atoms with Crippen molar-refractivity contribution < 1.29 is 13.6 Å². The van der Waals surface area contributed by atoms with Crippen molar-refractivity contribution in [3.8, 4) is 0 Å². The zero-order valence-electron chi connectivity index (χ0n) is 12.3. The fourth-order valence-electron chi connectivity index (χ4n) is 2.39. The minimum atomic E-state index is -0.705. The number of nitrogens with one attached hydrogen (secondary N) is 1. The van der Waals surface area contributed by atoms with Crippen LogP contribution < -0.4 is 5.32 Å². The molecule has 0 spiro atoms. The molecule has 0 aliphatic heterocycles. The van der Waals surface area contributed by atoms with Gasteiger partial charge in [0.15, 0.2) is 5.65 Å². The molecule has 2 aromatic heterocycles. The number of aryl methyl sites for hydroxylation is 2. The topological polar surface area (TPSA) is 46.4 Å². The van der Waals surface area contributed by atoms with Crippen LogP contribution in [0.5, 0.6) is 0 Å². The van der Waals surface area contributed by atoms with Gasteiger partial charge in [0.25, 0.3) is 5.91 Å². The Kier molecular flexibility index (Phi) is 3.89. The van der Waals surface area contributed by atoms with Crippen molar-refractivity contribution in [2.24, 2.45) is 0 Å². The van der Waals surface area contributed by atoms with Gasteiger partial charge < -0.3 is 5.32 Å². The molecule has 4 nitrogen and oxygen atoms in total. The van der Waals surface area contributed by atoms with Crippen molar-refractivity contribution in [3.05, 3.63) is 63.5 Å². The van der Waals surface area contributed by atoms with E-state index in [2.05, 4.69) is 26.2 Å². The monoisotopic (exact) mass is 379 g/mol. The van der Waals surface area contributed by atoms with Crippen LogP contribution in [-0.2, 0) is 0 Å². The summed E-state index contributed by atoms with van der Waals surface area (Å²) in [5.41, 5.74) is 2.06. The Hall–Kier alpha value is -2.28. The van der Waals surface area contributed by atoms with E-state index in [9.17, 15) is 13.6 Å². The highest BCUT2D eigenvalue weighted by Gasteiger charge is 2.19. The number of nitrogens with zero attached hydrogens (tertiary/aromatic N) is 2. The third kappa shape index (κ3) is 2.84. The Balaban J connectivity index is 2.08. The lowest BCUT2D eigenvalue weighted by molar-refractivity contribution is 0.102. The van der Waals surface area contributed by atoms with Gasteiger partial charge in [-0.2, -0.15) is 0 Å². The Morgan fingerprint density at radius 2 is 2.00 bits per heavy atom. The average Bonchev–Trinajstić information content (AvgIpc) is 2.79. The molecule has 7 heteroatoms. The van der Waals surface area contributed by atoms with E-state index in [0.717, 1.165) is 28.2 Å². The number of halogens is 3. The van der Waals surface area contributed by atoms with E-state index in [1.165, 1.54) is 0 Å². The van der Waals surface area contributed by atoms with Gasteiger partial charge in [-0.05, 0) is 53.5 Å². The number of imidazole rings is 1. The Morgan fingerprint density at radius 3 is 2.74 bits per heavy atom. The first-order chi connectivity index (χ1) is 10.9. The number of benzene rings is 1. The van der Waals surface area contributed by atoms with Crippen molar-refractivity contribution in [2.45, 2.75) is 13.8 Å². The first kappa shape index (κ1) is 15.6. The number of hydrogen-bond donors (Lipinski definition) is 1.